The van der Waals surface area contributed by atoms with E-state index in [-0.39, 0.29) is 48.0 Å². The van der Waals surface area contributed by atoms with Crippen LogP contribution in [0.5, 0.6) is 0 Å². The highest BCUT2D eigenvalue weighted by atomic mass is 16.5. The van der Waals surface area contributed by atoms with Gasteiger partial charge in [0.2, 0.25) is 11.8 Å². The number of ether oxygens (including phenoxy) is 1. The lowest BCUT2D eigenvalue weighted by molar-refractivity contribution is -0.148. The number of likely N-dealkylation sites (tertiary alicyclic amines) is 1. The minimum Gasteiger partial charge on any atom is -0.469 e. The molecule has 1 aromatic heterocycles. The summed E-state index contributed by atoms with van der Waals surface area (Å²) in [5, 5.41) is 3.19. The molecular formula is C45H52N6O4. The van der Waals surface area contributed by atoms with E-state index in [2.05, 4.69) is 58.8 Å². The molecule has 10 heteroatoms. The Morgan fingerprint density at radius 1 is 0.855 bits per heavy atom. The van der Waals surface area contributed by atoms with Crippen molar-refractivity contribution in [2.45, 2.75) is 77.8 Å². The van der Waals surface area contributed by atoms with Gasteiger partial charge in [-0.1, -0.05) is 62.4 Å². The Labute approximate surface area is 323 Å². The molecule has 10 nitrogen and oxygen atoms in total. The van der Waals surface area contributed by atoms with Gasteiger partial charge in [0.05, 0.1) is 32.0 Å². The summed E-state index contributed by atoms with van der Waals surface area (Å²) in [6, 6.07) is 17.4. The van der Waals surface area contributed by atoms with Crippen LogP contribution in [0.3, 0.4) is 0 Å². The van der Waals surface area contributed by atoms with Crippen molar-refractivity contribution in [1.29, 1.82) is 0 Å². The van der Waals surface area contributed by atoms with Crippen molar-refractivity contribution in [3.63, 3.8) is 0 Å². The molecule has 2 saturated carbocycles. The average molecular weight is 741 g/mol. The fourth-order valence-electron chi connectivity index (χ4n) is 9.87. The van der Waals surface area contributed by atoms with Crippen molar-refractivity contribution in [3.8, 4) is 11.1 Å². The first-order valence-electron chi connectivity index (χ1n) is 20.0. The summed E-state index contributed by atoms with van der Waals surface area (Å²) in [6.45, 7) is 5.12. The summed E-state index contributed by atoms with van der Waals surface area (Å²) in [5.74, 6) is 1.49. The molecule has 2 bridgehead atoms. The van der Waals surface area contributed by atoms with Gasteiger partial charge in [0, 0.05) is 74.5 Å². The number of imidazole rings is 1. The van der Waals surface area contributed by atoms with E-state index in [0.29, 0.717) is 31.3 Å². The van der Waals surface area contributed by atoms with Crippen LogP contribution >= 0.6 is 0 Å². The maximum atomic E-state index is 13.6. The summed E-state index contributed by atoms with van der Waals surface area (Å²) >= 11 is 0. The van der Waals surface area contributed by atoms with Crippen LogP contribution in [0.25, 0.3) is 22.3 Å². The molecule has 3 fully saturated rings. The summed E-state index contributed by atoms with van der Waals surface area (Å²) in [7, 11) is 3.33. The number of nitrogens with one attached hydrogen (secondary N) is 1. The van der Waals surface area contributed by atoms with E-state index in [1.54, 1.807) is 6.20 Å². The Balaban J connectivity index is 0.864. The smallest absolute Gasteiger partial charge is 0.306 e. The van der Waals surface area contributed by atoms with Crippen LogP contribution in [-0.4, -0.2) is 63.4 Å². The zero-order chi connectivity index (χ0) is 38.2. The molecule has 1 saturated heterocycles. The molecule has 3 aromatic rings. The summed E-state index contributed by atoms with van der Waals surface area (Å²) in [6.07, 6.45) is 14.5. The zero-order valence-corrected chi connectivity index (χ0v) is 32.4. The number of methoxy groups -OCH3 is 1. The fraction of sp³-hybridized carbons (Fsp3) is 0.467. The number of rotatable bonds is 12. The van der Waals surface area contributed by atoms with Gasteiger partial charge in [-0.25, -0.2) is 4.98 Å². The SMILES string of the molecule is COC(=O)C[C@H](C(=O)N1CCC[C@H]1C1=NC=C(c2ccc(-c3ccc(C4=CN=C([C@@H]5[C@H]6CC[C@H](C6)[C@H]5C(=O)NCc5nccn5C)C4)cc3)cc2)C1)C(C)C. The molecule has 2 aliphatic carbocycles. The zero-order valence-electron chi connectivity index (χ0n) is 32.4. The second kappa shape index (κ2) is 15.6. The lowest BCUT2D eigenvalue weighted by atomic mass is 9.75. The molecule has 286 valence electrons. The second-order valence-electron chi connectivity index (χ2n) is 16.4. The van der Waals surface area contributed by atoms with Gasteiger partial charge >= 0.3 is 5.97 Å². The lowest BCUT2D eigenvalue weighted by Gasteiger charge is -2.30. The molecule has 8 rings (SSSR count). The van der Waals surface area contributed by atoms with Gasteiger partial charge < -0.3 is 19.5 Å². The number of aromatic nitrogens is 2. The highest BCUT2D eigenvalue weighted by Gasteiger charge is 2.52. The largest absolute Gasteiger partial charge is 0.469 e. The second-order valence-corrected chi connectivity index (χ2v) is 16.4. The molecule has 0 radical (unpaired) electrons. The molecule has 55 heavy (non-hydrogen) atoms. The van der Waals surface area contributed by atoms with E-state index < -0.39 is 5.92 Å². The number of amides is 2. The molecule has 0 unspecified atom stereocenters. The topological polar surface area (TPSA) is 118 Å². The molecular weight excluding hydrogens is 689 g/mol. The molecule has 0 spiro atoms. The van der Waals surface area contributed by atoms with Gasteiger partial charge in [0.25, 0.3) is 0 Å². The quantitative estimate of drug-likeness (QED) is 0.196. The number of benzene rings is 2. The predicted octanol–water partition coefficient (Wildman–Crippen LogP) is 7.26. The van der Waals surface area contributed by atoms with E-state index in [1.807, 2.05) is 49.0 Å². The number of hydrogen-bond acceptors (Lipinski definition) is 7. The number of fused-ring (bicyclic) bond motifs is 2. The predicted molar refractivity (Wildman–Crippen MR) is 214 cm³/mol. The van der Waals surface area contributed by atoms with Crippen LogP contribution in [-0.2, 0) is 32.7 Å². The van der Waals surface area contributed by atoms with Crippen LogP contribution in [0.15, 0.2) is 83.3 Å². The molecule has 6 atom stereocenters. The number of nitrogens with zero attached hydrogens (tertiary/aromatic N) is 5. The number of esters is 1. The van der Waals surface area contributed by atoms with Gasteiger partial charge in [0.15, 0.2) is 0 Å². The molecule has 5 aliphatic rings. The van der Waals surface area contributed by atoms with Crippen molar-refractivity contribution >= 4 is 40.4 Å². The average Bonchev–Trinajstić information content (AvgIpc) is 4.06. The first-order valence-corrected chi connectivity index (χ1v) is 20.0. The van der Waals surface area contributed by atoms with E-state index in [0.717, 1.165) is 71.6 Å². The van der Waals surface area contributed by atoms with Crippen molar-refractivity contribution in [1.82, 2.24) is 19.8 Å². The number of aliphatic imine (C=N–C) groups is 2. The number of aryl methyl sites for hydroxylation is 1. The third-order valence-corrected chi connectivity index (χ3v) is 13.0. The maximum absolute atomic E-state index is 13.6. The van der Waals surface area contributed by atoms with E-state index in [1.165, 1.54) is 24.7 Å². The number of allylic oxidation sites excluding steroid dienone is 2. The fourth-order valence-corrected chi connectivity index (χ4v) is 9.87. The Hall–Kier alpha value is -5.12. The van der Waals surface area contributed by atoms with Crippen molar-refractivity contribution in [2.24, 2.45) is 52.5 Å². The van der Waals surface area contributed by atoms with Crippen LogP contribution in [0.4, 0.5) is 0 Å². The first kappa shape index (κ1) is 36.8. The van der Waals surface area contributed by atoms with E-state index in [4.69, 9.17) is 14.7 Å². The molecule has 2 amide bonds. The third kappa shape index (κ3) is 7.35. The number of carbonyl (C=O) groups excluding carboxylic acids is 3. The number of carbonyl (C=O) groups is 3. The van der Waals surface area contributed by atoms with Crippen LogP contribution in [0.2, 0.25) is 0 Å². The van der Waals surface area contributed by atoms with Gasteiger partial charge in [-0.05, 0) is 83.3 Å². The Kier molecular flexibility index (Phi) is 10.4. The van der Waals surface area contributed by atoms with Gasteiger partial charge in [-0.2, -0.15) is 0 Å². The minimum atomic E-state index is -0.395. The standard InChI is InChI=1S/C45H52N6O4/c1-27(2)36(23-41(52)55-4)45(54)51-18-5-6-39(51)37-21-34(24-47-37)30-11-7-28(8-12-30)29-9-13-31(14-10-29)35-22-38(48-25-35)42-32-15-16-33(20-32)43(42)44(53)49-26-40-46-17-19-50(40)3/h7-14,17,19,24-25,27,32-33,36,39,42-43H,5-6,15-16,18,20-23,26H2,1-4H3,(H,49,53)/t32-,33+,36-,39-,42-,43+/m0/s1. The molecule has 1 N–H and O–H groups in total. The molecule has 2 aromatic carbocycles. The highest BCUT2D eigenvalue weighted by Crippen LogP contribution is 2.54. The summed E-state index contributed by atoms with van der Waals surface area (Å²) < 4.78 is 6.84. The van der Waals surface area contributed by atoms with Crippen LogP contribution in [0, 0.1) is 35.5 Å². The van der Waals surface area contributed by atoms with Gasteiger partial charge in [-0.15, -0.1) is 0 Å². The third-order valence-electron chi connectivity index (χ3n) is 13.0. The Bertz CT molecular complexity index is 2070. The van der Waals surface area contributed by atoms with Gasteiger partial charge in [0.1, 0.15) is 5.82 Å². The van der Waals surface area contributed by atoms with Crippen molar-refractivity contribution in [3.05, 3.63) is 90.3 Å². The van der Waals surface area contributed by atoms with Crippen molar-refractivity contribution in [2.75, 3.05) is 13.7 Å². The van der Waals surface area contributed by atoms with Gasteiger partial charge in [-0.3, -0.25) is 24.4 Å². The Morgan fingerprint density at radius 3 is 2.09 bits per heavy atom. The van der Waals surface area contributed by atoms with Crippen LogP contribution in [0.1, 0.15) is 82.2 Å². The Morgan fingerprint density at radius 2 is 1.47 bits per heavy atom. The lowest BCUT2D eigenvalue weighted by Crippen LogP contribution is -2.45. The molecule has 3 aliphatic heterocycles. The van der Waals surface area contributed by atoms with Crippen molar-refractivity contribution < 1.29 is 19.1 Å². The maximum Gasteiger partial charge on any atom is 0.306 e. The first-order chi connectivity index (χ1) is 26.7. The monoisotopic (exact) mass is 740 g/mol. The molecule has 4 heterocycles. The van der Waals surface area contributed by atoms with E-state index in [9.17, 15) is 14.4 Å². The summed E-state index contributed by atoms with van der Waals surface area (Å²) in [5.41, 5.74) is 9.14. The normalized spacial score (nSPS) is 24.8. The van der Waals surface area contributed by atoms with E-state index >= 15 is 0 Å². The minimum absolute atomic E-state index is 0.0163. The number of hydrogen-bond donors (Lipinski definition) is 1. The van der Waals surface area contributed by atoms with Crippen LogP contribution < -0.4 is 5.32 Å². The summed E-state index contributed by atoms with van der Waals surface area (Å²) in [4.78, 5) is 55.4. The highest BCUT2D eigenvalue weighted by molar-refractivity contribution is 6.04.